The number of benzene rings is 1. The van der Waals surface area contributed by atoms with Crippen molar-refractivity contribution >= 4 is 5.69 Å². The highest BCUT2D eigenvalue weighted by Gasteiger charge is 2.10. The molecule has 0 aliphatic carbocycles. The van der Waals surface area contributed by atoms with E-state index in [0.717, 1.165) is 18.5 Å². The molecule has 1 N–H and O–H groups in total. The number of nitrogens with zero attached hydrogens (tertiary/aromatic N) is 2. The van der Waals surface area contributed by atoms with Gasteiger partial charge in [-0.05, 0) is 12.0 Å². The lowest BCUT2D eigenvalue weighted by molar-refractivity contribution is 0.677. The zero-order chi connectivity index (χ0) is 12.1. The number of rotatable bonds is 5. The van der Waals surface area contributed by atoms with Gasteiger partial charge in [0.05, 0.1) is 17.9 Å². The molecule has 1 heterocycles. The van der Waals surface area contributed by atoms with Gasteiger partial charge in [-0.1, -0.05) is 43.7 Å². The zero-order valence-electron chi connectivity index (χ0n) is 10.4. The molecule has 1 aromatic heterocycles. The molecule has 1 unspecified atom stereocenters. The van der Waals surface area contributed by atoms with Crippen molar-refractivity contribution in [1.82, 2.24) is 9.78 Å². The van der Waals surface area contributed by atoms with Crippen molar-refractivity contribution in [1.29, 1.82) is 0 Å². The number of aromatic nitrogens is 2. The molecule has 0 amide bonds. The molecule has 3 heteroatoms. The predicted octanol–water partition coefficient (Wildman–Crippen LogP) is 3.37. The van der Waals surface area contributed by atoms with Crippen LogP contribution in [0.2, 0.25) is 0 Å². The molecule has 1 aromatic carbocycles. The maximum atomic E-state index is 4.18. The second-order valence-electron chi connectivity index (χ2n) is 4.30. The quantitative estimate of drug-likeness (QED) is 0.851. The van der Waals surface area contributed by atoms with E-state index in [1.54, 1.807) is 0 Å². The molecular weight excluding hydrogens is 210 g/mol. The van der Waals surface area contributed by atoms with Crippen molar-refractivity contribution in [3.63, 3.8) is 0 Å². The minimum absolute atomic E-state index is 0.366. The van der Waals surface area contributed by atoms with Crippen molar-refractivity contribution in [3.05, 3.63) is 48.3 Å². The lowest BCUT2D eigenvalue weighted by atomic mass is 10.0. The maximum absolute atomic E-state index is 4.18. The van der Waals surface area contributed by atoms with Crippen LogP contribution >= 0.6 is 0 Å². The molecule has 0 saturated heterocycles. The van der Waals surface area contributed by atoms with E-state index in [-0.39, 0.29) is 0 Å². The standard InChI is InChI=1S/C14H19N3/c1-3-7-14(12-8-5-4-6-9-12)16-13-10-15-17(2)11-13/h4-6,8-11,14,16H,3,7H2,1-2H3. The highest BCUT2D eigenvalue weighted by molar-refractivity contribution is 5.41. The van der Waals surface area contributed by atoms with Crippen LogP contribution < -0.4 is 5.32 Å². The van der Waals surface area contributed by atoms with Gasteiger partial charge in [0.15, 0.2) is 0 Å². The Morgan fingerprint density at radius 3 is 2.65 bits per heavy atom. The average Bonchev–Trinajstić information content (AvgIpc) is 2.75. The molecule has 1 atom stereocenters. The second-order valence-corrected chi connectivity index (χ2v) is 4.30. The Hall–Kier alpha value is -1.77. The highest BCUT2D eigenvalue weighted by Crippen LogP contribution is 2.23. The molecule has 0 spiro atoms. The summed E-state index contributed by atoms with van der Waals surface area (Å²) in [6.45, 7) is 2.21. The van der Waals surface area contributed by atoms with E-state index in [2.05, 4.69) is 47.7 Å². The van der Waals surface area contributed by atoms with E-state index < -0.39 is 0 Å². The van der Waals surface area contributed by atoms with Crippen molar-refractivity contribution in [2.24, 2.45) is 7.05 Å². The minimum Gasteiger partial charge on any atom is -0.376 e. The largest absolute Gasteiger partial charge is 0.376 e. The van der Waals surface area contributed by atoms with Crippen molar-refractivity contribution < 1.29 is 0 Å². The van der Waals surface area contributed by atoms with E-state index in [9.17, 15) is 0 Å². The molecule has 0 aliphatic heterocycles. The first-order valence-corrected chi connectivity index (χ1v) is 6.09. The summed E-state index contributed by atoms with van der Waals surface area (Å²) < 4.78 is 1.82. The second kappa shape index (κ2) is 5.53. The third-order valence-electron chi connectivity index (χ3n) is 2.83. The Labute approximate surface area is 102 Å². The molecule has 0 radical (unpaired) electrons. The number of hydrogen-bond acceptors (Lipinski definition) is 2. The summed E-state index contributed by atoms with van der Waals surface area (Å²) in [6.07, 6.45) is 6.16. The van der Waals surface area contributed by atoms with Crippen LogP contribution in [-0.4, -0.2) is 9.78 Å². The SMILES string of the molecule is CCCC(Nc1cnn(C)c1)c1ccccc1. The lowest BCUT2D eigenvalue weighted by Gasteiger charge is -2.18. The molecule has 2 rings (SSSR count). The van der Waals surface area contributed by atoms with E-state index in [1.807, 2.05) is 24.1 Å². The number of anilines is 1. The molecular formula is C14H19N3. The first-order valence-electron chi connectivity index (χ1n) is 6.09. The van der Waals surface area contributed by atoms with Gasteiger partial charge in [0, 0.05) is 13.2 Å². The number of nitrogens with one attached hydrogen (secondary N) is 1. The summed E-state index contributed by atoms with van der Waals surface area (Å²) in [5.41, 5.74) is 2.41. The normalized spacial score (nSPS) is 12.4. The monoisotopic (exact) mass is 229 g/mol. The minimum atomic E-state index is 0.366. The molecule has 90 valence electrons. The average molecular weight is 229 g/mol. The Morgan fingerprint density at radius 1 is 1.29 bits per heavy atom. The van der Waals surface area contributed by atoms with Crippen LogP contribution in [0, 0.1) is 0 Å². The van der Waals surface area contributed by atoms with Crippen molar-refractivity contribution in [3.8, 4) is 0 Å². The summed E-state index contributed by atoms with van der Waals surface area (Å²) in [5.74, 6) is 0. The summed E-state index contributed by atoms with van der Waals surface area (Å²) >= 11 is 0. The number of hydrogen-bond donors (Lipinski definition) is 1. The molecule has 0 aliphatic rings. The van der Waals surface area contributed by atoms with E-state index in [4.69, 9.17) is 0 Å². The molecule has 3 nitrogen and oxygen atoms in total. The van der Waals surface area contributed by atoms with Crippen LogP contribution in [-0.2, 0) is 7.05 Å². The zero-order valence-corrected chi connectivity index (χ0v) is 10.4. The van der Waals surface area contributed by atoms with Crippen LogP contribution in [0.4, 0.5) is 5.69 Å². The smallest absolute Gasteiger partial charge is 0.0731 e. The van der Waals surface area contributed by atoms with Gasteiger partial charge in [-0.15, -0.1) is 0 Å². The third kappa shape index (κ3) is 3.09. The molecule has 2 aromatic rings. The van der Waals surface area contributed by atoms with Gasteiger partial charge in [0.25, 0.3) is 0 Å². The fraction of sp³-hybridized carbons (Fsp3) is 0.357. The van der Waals surface area contributed by atoms with Crippen LogP contribution in [0.25, 0.3) is 0 Å². The highest BCUT2D eigenvalue weighted by atomic mass is 15.3. The lowest BCUT2D eigenvalue weighted by Crippen LogP contribution is -2.09. The van der Waals surface area contributed by atoms with Gasteiger partial charge in [-0.2, -0.15) is 5.10 Å². The Bertz CT molecular complexity index is 448. The fourth-order valence-corrected chi connectivity index (χ4v) is 1.99. The van der Waals surface area contributed by atoms with Crippen LogP contribution in [0.1, 0.15) is 31.4 Å². The summed E-state index contributed by atoms with van der Waals surface area (Å²) in [6, 6.07) is 10.9. The molecule has 0 fully saturated rings. The fourth-order valence-electron chi connectivity index (χ4n) is 1.99. The topological polar surface area (TPSA) is 29.9 Å². The van der Waals surface area contributed by atoms with Crippen LogP contribution in [0.5, 0.6) is 0 Å². The van der Waals surface area contributed by atoms with Gasteiger partial charge < -0.3 is 5.32 Å². The molecule has 17 heavy (non-hydrogen) atoms. The summed E-state index contributed by atoms with van der Waals surface area (Å²) in [4.78, 5) is 0. The van der Waals surface area contributed by atoms with E-state index >= 15 is 0 Å². The Balaban J connectivity index is 2.13. The number of aryl methyl sites for hydroxylation is 1. The van der Waals surface area contributed by atoms with E-state index in [1.165, 1.54) is 5.56 Å². The Kier molecular flexibility index (Phi) is 3.81. The van der Waals surface area contributed by atoms with Gasteiger partial charge in [-0.3, -0.25) is 4.68 Å². The Morgan fingerprint density at radius 2 is 2.06 bits per heavy atom. The van der Waals surface area contributed by atoms with Gasteiger partial charge in [0.2, 0.25) is 0 Å². The van der Waals surface area contributed by atoms with E-state index in [0.29, 0.717) is 6.04 Å². The van der Waals surface area contributed by atoms with Gasteiger partial charge in [0.1, 0.15) is 0 Å². The molecule has 0 bridgehead atoms. The van der Waals surface area contributed by atoms with Crippen molar-refractivity contribution in [2.75, 3.05) is 5.32 Å². The van der Waals surface area contributed by atoms with Crippen LogP contribution in [0.3, 0.4) is 0 Å². The van der Waals surface area contributed by atoms with Crippen molar-refractivity contribution in [2.45, 2.75) is 25.8 Å². The van der Waals surface area contributed by atoms with Gasteiger partial charge >= 0.3 is 0 Å². The molecule has 0 saturated carbocycles. The summed E-state index contributed by atoms with van der Waals surface area (Å²) in [5, 5.41) is 7.71. The maximum Gasteiger partial charge on any atom is 0.0731 e. The summed E-state index contributed by atoms with van der Waals surface area (Å²) in [7, 11) is 1.93. The van der Waals surface area contributed by atoms with Crippen LogP contribution in [0.15, 0.2) is 42.7 Å². The predicted molar refractivity (Wildman–Crippen MR) is 70.9 cm³/mol. The third-order valence-corrected chi connectivity index (χ3v) is 2.83. The first-order chi connectivity index (χ1) is 8.29. The first kappa shape index (κ1) is 11.7. The van der Waals surface area contributed by atoms with Gasteiger partial charge in [-0.25, -0.2) is 0 Å².